The molecule has 1 heterocycles. The number of hydrogen-bond acceptors (Lipinski definition) is 1. The fourth-order valence-electron chi connectivity index (χ4n) is 2.12. The highest BCUT2D eigenvalue weighted by Crippen LogP contribution is 2.33. The van der Waals surface area contributed by atoms with Crippen molar-refractivity contribution in [2.45, 2.75) is 25.3 Å². The van der Waals surface area contributed by atoms with Crippen molar-refractivity contribution >= 4 is 5.78 Å². The highest BCUT2D eigenvalue weighted by Gasteiger charge is 2.40. The molecule has 1 atom stereocenters. The number of carbonyl (C=O) groups excluding carboxylic acids is 1. The topological polar surface area (TPSA) is 31.2 Å². The van der Waals surface area contributed by atoms with Gasteiger partial charge in [-0.25, -0.2) is 5.32 Å². The third-order valence-electron chi connectivity index (χ3n) is 2.91. The van der Waals surface area contributed by atoms with E-state index in [4.69, 9.17) is 0 Å². The highest BCUT2D eigenvalue weighted by molar-refractivity contribution is 5.87. The summed E-state index contributed by atoms with van der Waals surface area (Å²) in [7, 11) is 0. The maximum Gasteiger partial charge on any atom is 0.155 e. The summed E-state index contributed by atoms with van der Waals surface area (Å²) in [5.41, 5.74) is 0.520. The van der Waals surface area contributed by atoms with E-state index in [9.17, 15) is 4.79 Å². The minimum Gasteiger partial charge on any atom is -0.297 e. The van der Waals surface area contributed by atoms with Crippen molar-refractivity contribution in [3.63, 3.8) is 0 Å². The molecular formula is C12H14NO. The van der Waals surface area contributed by atoms with Gasteiger partial charge < -0.3 is 0 Å². The summed E-state index contributed by atoms with van der Waals surface area (Å²) in [5.74, 6) is 0.168. The van der Waals surface area contributed by atoms with Gasteiger partial charge in [0.05, 0.1) is 0 Å². The molecule has 0 saturated carbocycles. The number of rotatable bonds is 2. The minimum absolute atomic E-state index is 0.168. The van der Waals surface area contributed by atoms with Crippen LogP contribution < -0.4 is 5.32 Å². The van der Waals surface area contributed by atoms with Crippen LogP contribution in [0.2, 0.25) is 0 Å². The SMILES string of the molecule is CC(=O)C1(c2ccccc2)CCC[N]1. The summed E-state index contributed by atoms with van der Waals surface area (Å²) in [6.07, 6.45) is 1.89. The largest absolute Gasteiger partial charge is 0.297 e. The molecule has 2 rings (SSSR count). The lowest BCUT2D eigenvalue weighted by atomic mass is 9.85. The molecule has 1 aliphatic rings. The van der Waals surface area contributed by atoms with E-state index < -0.39 is 5.54 Å². The Morgan fingerprint density at radius 2 is 2.07 bits per heavy atom. The maximum atomic E-state index is 11.7. The zero-order chi connectivity index (χ0) is 10.0. The van der Waals surface area contributed by atoms with Crippen LogP contribution in [-0.2, 0) is 10.3 Å². The summed E-state index contributed by atoms with van der Waals surface area (Å²) >= 11 is 0. The van der Waals surface area contributed by atoms with Crippen LogP contribution in [-0.4, -0.2) is 12.3 Å². The van der Waals surface area contributed by atoms with Crippen LogP contribution in [0.1, 0.15) is 25.3 Å². The van der Waals surface area contributed by atoms with Crippen molar-refractivity contribution in [3.05, 3.63) is 35.9 Å². The van der Waals surface area contributed by atoms with Crippen LogP contribution in [0.15, 0.2) is 30.3 Å². The molecule has 2 heteroatoms. The number of ketones is 1. The van der Waals surface area contributed by atoms with Crippen molar-refractivity contribution < 1.29 is 4.79 Å². The maximum absolute atomic E-state index is 11.7. The Bertz CT molecular complexity index is 325. The molecule has 1 saturated heterocycles. The fourth-order valence-corrected chi connectivity index (χ4v) is 2.12. The third kappa shape index (κ3) is 1.36. The van der Waals surface area contributed by atoms with Crippen molar-refractivity contribution in [2.24, 2.45) is 0 Å². The van der Waals surface area contributed by atoms with Gasteiger partial charge in [0.2, 0.25) is 0 Å². The first-order valence-electron chi connectivity index (χ1n) is 5.01. The molecule has 1 fully saturated rings. The molecule has 1 unspecified atom stereocenters. The molecule has 1 aromatic rings. The van der Waals surface area contributed by atoms with E-state index in [2.05, 4.69) is 5.32 Å². The van der Waals surface area contributed by atoms with E-state index >= 15 is 0 Å². The van der Waals surface area contributed by atoms with Crippen molar-refractivity contribution in [3.8, 4) is 0 Å². The Balaban J connectivity index is 2.42. The number of Topliss-reactive ketones (excluding diaryl/α,β-unsaturated/α-hetero) is 1. The predicted molar refractivity (Wildman–Crippen MR) is 55.0 cm³/mol. The number of benzene rings is 1. The zero-order valence-electron chi connectivity index (χ0n) is 8.36. The molecule has 1 aliphatic heterocycles. The minimum atomic E-state index is -0.527. The Labute approximate surface area is 84.3 Å². The Hall–Kier alpha value is -1.15. The Morgan fingerprint density at radius 3 is 2.57 bits per heavy atom. The predicted octanol–water partition coefficient (Wildman–Crippen LogP) is 1.87. The molecule has 0 aromatic heterocycles. The van der Waals surface area contributed by atoms with Gasteiger partial charge in [0, 0.05) is 6.54 Å². The lowest BCUT2D eigenvalue weighted by Crippen LogP contribution is -2.38. The van der Waals surface area contributed by atoms with Gasteiger partial charge in [-0.2, -0.15) is 0 Å². The molecule has 14 heavy (non-hydrogen) atoms. The average Bonchev–Trinajstić information content (AvgIpc) is 2.69. The molecular weight excluding hydrogens is 174 g/mol. The van der Waals surface area contributed by atoms with Crippen LogP contribution in [0.4, 0.5) is 0 Å². The van der Waals surface area contributed by atoms with Gasteiger partial charge in [-0.05, 0) is 25.3 Å². The third-order valence-corrected chi connectivity index (χ3v) is 2.91. The monoisotopic (exact) mass is 188 g/mol. The lowest BCUT2D eigenvalue weighted by Gasteiger charge is -2.25. The first-order valence-corrected chi connectivity index (χ1v) is 5.01. The number of carbonyl (C=O) groups is 1. The van der Waals surface area contributed by atoms with E-state index in [0.29, 0.717) is 0 Å². The lowest BCUT2D eigenvalue weighted by molar-refractivity contribution is -0.123. The quantitative estimate of drug-likeness (QED) is 0.697. The van der Waals surface area contributed by atoms with Crippen LogP contribution in [0.3, 0.4) is 0 Å². The molecule has 73 valence electrons. The summed E-state index contributed by atoms with van der Waals surface area (Å²) in [6.45, 7) is 2.45. The number of hydrogen-bond donors (Lipinski definition) is 0. The molecule has 1 radical (unpaired) electrons. The van der Waals surface area contributed by atoms with Gasteiger partial charge in [-0.3, -0.25) is 4.79 Å². The van der Waals surface area contributed by atoms with E-state index in [1.54, 1.807) is 6.92 Å². The van der Waals surface area contributed by atoms with E-state index in [0.717, 1.165) is 24.9 Å². The molecule has 0 bridgehead atoms. The van der Waals surface area contributed by atoms with Gasteiger partial charge in [0.25, 0.3) is 0 Å². The van der Waals surface area contributed by atoms with E-state index in [1.807, 2.05) is 30.3 Å². The Morgan fingerprint density at radius 1 is 1.36 bits per heavy atom. The molecule has 0 spiro atoms. The van der Waals surface area contributed by atoms with Crippen LogP contribution in [0.25, 0.3) is 0 Å². The van der Waals surface area contributed by atoms with Crippen LogP contribution in [0.5, 0.6) is 0 Å². The van der Waals surface area contributed by atoms with E-state index in [1.165, 1.54) is 0 Å². The number of nitrogens with zero attached hydrogens (tertiary/aromatic N) is 1. The summed E-state index contributed by atoms with van der Waals surface area (Å²) in [6, 6.07) is 9.89. The van der Waals surface area contributed by atoms with Crippen molar-refractivity contribution in [1.82, 2.24) is 5.32 Å². The fraction of sp³-hybridized carbons (Fsp3) is 0.417. The van der Waals surface area contributed by atoms with Gasteiger partial charge in [-0.1, -0.05) is 30.3 Å². The summed E-state index contributed by atoms with van der Waals surface area (Å²) in [5, 5.41) is 4.49. The average molecular weight is 188 g/mol. The zero-order valence-corrected chi connectivity index (χ0v) is 8.36. The van der Waals surface area contributed by atoms with Gasteiger partial charge in [0.1, 0.15) is 5.54 Å². The molecule has 0 amide bonds. The molecule has 1 aromatic carbocycles. The van der Waals surface area contributed by atoms with E-state index in [-0.39, 0.29) is 5.78 Å². The molecule has 0 N–H and O–H groups in total. The van der Waals surface area contributed by atoms with Crippen LogP contribution in [0, 0.1) is 0 Å². The molecule has 2 nitrogen and oxygen atoms in total. The second kappa shape index (κ2) is 3.54. The standard InChI is InChI=1S/C12H14NO/c1-10(14)12(8-5-9-13-12)11-6-3-2-4-7-11/h2-4,6-7H,5,8-9H2,1H3. The normalized spacial score (nSPS) is 26.4. The summed E-state index contributed by atoms with van der Waals surface area (Å²) in [4.78, 5) is 11.7. The highest BCUT2D eigenvalue weighted by atomic mass is 16.1. The van der Waals surface area contributed by atoms with Gasteiger partial charge >= 0.3 is 0 Å². The van der Waals surface area contributed by atoms with Gasteiger partial charge in [0.15, 0.2) is 5.78 Å². The van der Waals surface area contributed by atoms with Crippen LogP contribution >= 0.6 is 0 Å². The molecule has 0 aliphatic carbocycles. The first kappa shape index (κ1) is 9.41. The smallest absolute Gasteiger partial charge is 0.155 e. The first-order chi connectivity index (χ1) is 6.76. The Kier molecular flexibility index (Phi) is 2.38. The summed E-state index contributed by atoms with van der Waals surface area (Å²) < 4.78 is 0. The second-order valence-corrected chi connectivity index (χ2v) is 3.77. The van der Waals surface area contributed by atoms with Gasteiger partial charge in [-0.15, -0.1) is 0 Å². The second-order valence-electron chi connectivity index (χ2n) is 3.77. The van der Waals surface area contributed by atoms with Crippen molar-refractivity contribution in [1.29, 1.82) is 0 Å². The van der Waals surface area contributed by atoms with Crippen molar-refractivity contribution in [2.75, 3.05) is 6.54 Å².